The van der Waals surface area contributed by atoms with E-state index in [1.807, 2.05) is 23.9 Å². The summed E-state index contributed by atoms with van der Waals surface area (Å²) in [6.45, 7) is 1.92. The number of rotatable bonds is 7. The topological polar surface area (TPSA) is 55.2 Å². The third-order valence-corrected chi connectivity index (χ3v) is 2.83. The zero-order valence-corrected chi connectivity index (χ0v) is 10.1. The molecule has 0 aliphatic rings. The standard InChI is InChI=1S/C11H16N2O2S/c1-16-9-8-12-7-6-10-2-4-11(5-3-10)13(14)15/h2-5,12H,6-9H2,1H3. The summed E-state index contributed by atoms with van der Waals surface area (Å²) in [5.41, 5.74) is 1.28. The van der Waals surface area contributed by atoms with Crippen LogP contribution in [0.3, 0.4) is 0 Å². The van der Waals surface area contributed by atoms with Gasteiger partial charge in [-0.1, -0.05) is 12.1 Å². The fourth-order valence-corrected chi connectivity index (χ4v) is 1.66. The molecule has 0 fully saturated rings. The third kappa shape index (κ3) is 4.63. The van der Waals surface area contributed by atoms with Gasteiger partial charge in [0.1, 0.15) is 0 Å². The number of non-ortho nitro benzene ring substituents is 1. The molecule has 1 N–H and O–H groups in total. The number of nitro groups is 1. The van der Waals surface area contributed by atoms with Crippen LogP contribution in [-0.4, -0.2) is 30.0 Å². The number of hydrogen-bond donors (Lipinski definition) is 1. The van der Waals surface area contributed by atoms with E-state index in [1.165, 1.54) is 0 Å². The van der Waals surface area contributed by atoms with E-state index in [-0.39, 0.29) is 10.6 Å². The smallest absolute Gasteiger partial charge is 0.269 e. The van der Waals surface area contributed by atoms with Crippen LogP contribution < -0.4 is 5.32 Å². The molecule has 0 aromatic heterocycles. The van der Waals surface area contributed by atoms with Crippen molar-refractivity contribution in [3.8, 4) is 0 Å². The predicted octanol–water partition coefficient (Wildman–Crippen LogP) is 2.09. The first-order chi connectivity index (χ1) is 7.74. The Morgan fingerprint density at radius 1 is 1.31 bits per heavy atom. The number of hydrogen-bond acceptors (Lipinski definition) is 4. The minimum absolute atomic E-state index is 0.152. The van der Waals surface area contributed by atoms with Crippen LogP contribution >= 0.6 is 11.8 Å². The van der Waals surface area contributed by atoms with Gasteiger partial charge in [-0.05, 0) is 24.8 Å². The van der Waals surface area contributed by atoms with E-state index in [1.54, 1.807) is 12.1 Å². The van der Waals surface area contributed by atoms with Gasteiger partial charge >= 0.3 is 0 Å². The van der Waals surface area contributed by atoms with E-state index >= 15 is 0 Å². The van der Waals surface area contributed by atoms with Crippen molar-refractivity contribution in [1.82, 2.24) is 5.32 Å². The molecule has 0 atom stereocenters. The van der Waals surface area contributed by atoms with Crippen LogP contribution in [0.15, 0.2) is 24.3 Å². The summed E-state index contributed by atoms with van der Waals surface area (Å²) in [6.07, 6.45) is 2.99. The molecule has 1 aromatic rings. The highest BCUT2D eigenvalue weighted by Crippen LogP contribution is 2.11. The Morgan fingerprint density at radius 3 is 2.56 bits per heavy atom. The monoisotopic (exact) mass is 240 g/mol. The maximum absolute atomic E-state index is 10.4. The minimum Gasteiger partial charge on any atom is -0.316 e. The van der Waals surface area contributed by atoms with Gasteiger partial charge in [0.05, 0.1) is 4.92 Å². The van der Waals surface area contributed by atoms with Gasteiger partial charge in [0, 0.05) is 24.4 Å². The molecule has 88 valence electrons. The van der Waals surface area contributed by atoms with Crippen molar-refractivity contribution < 1.29 is 4.92 Å². The highest BCUT2D eigenvalue weighted by atomic mass is 32.2. The van der Waals surface area contributed by atoms with Gasteiger partial charge in [0.15, 0.2) is 0 Å². The van der Waals surface area contributed by atoms with E-state index in [9.17, 15) is 10.1 Å². The number of nitrogens with one attached hydrogen (secondary N) is 1. The lowest BCUT2D eigenvalue weighted by Crippen LogP contribution is -2.19. The Morgan fingerprint density at radius 2 is 2.00 bits per heavy atom. The fraction of sp³-hybridized carbons (Fsp3) is 0.455. The molecule has 1 rings (SSSR count). The van der Waals surface area contributed by atoms with Gasteiger partial charge in [-0.25, -0.2) is 0 Å². The van der Waals surface area contributed by atoms with E-state index in [2.05, 4.69) is 11.6 Å². The summed E-state index contributed by atoms with van der Waals surface area (Å²) in [4.78, 5) is 10.1. The summed E-state index contributed by atoms with van der Waals surface area (Å²) in [5, 5.41) is 13.8. The van der Waals surface area contributed by atoms with Crippen LogP contribution in [-0.2, 0) is 6.42 Å². The Kier molecular flexibility index (Phi) is 5.88. The first-order valence-corrected chi connectivity index (χ1v) is 6.56. The molecular weight excluding hydrogens is 224 g/mol. The lowest BCUT2D eigenvalue weighted by molar-refractivity contribution is -0.384. The molecule has 4 nitrogen and oxygen atoms in total. The second-order valence-corrected chi connectivity index (χ2v) is 4.40. The van der Waals surface area contributed by atoms with Crippen molar-refractivity contribution in [2.24, 2.45) is 0 Å². The summed E-state index contributed by atoms with van der Waals surface area (Å²) in [6, 6.07) is 6.73. The fourth-order valence-electron chi connectivity index (χ4n) is 1.32. The molecule has 1 aromatic carbocycles. The molecule has 0 saturated carbocycles. The van der Waals surface area contributed by atoms with Crippen LogP contribution in [0.4, 0.5) is 5.69 Å². The SMILES string of the molecule is CSCCNCCc1ccc([N+](=O)[O-])cc1. The summed E-state index contributed by atoms with van der Waals surface area (Å²) in [7, 11) is 0. The second-order valence-electron chi connectivity index (χ2n) is 3.42. The van der Waals surface area contributed by atoms with E-state index in [0.29, 0.717) is 0 Å². The molecule has 0 aliphatic carbocycles. The average molecular weight is 240 g/mol. The first kappa shape index (κ1) is 13.0. The average Bonchev–Trinajstić information content (AvgIpc) is 2.29. The summed E-state index contributed by atoms with van der Waals surface area (Å²) in [5.74, 6) is 1.11. The van der Waals surface area contributed by atoms with Crippen molar-refractivity contribution in [2.45, 2.75) is 6.42 Å². The summed E-state index contributed by atoms with van der Waals surface area (Å²) >= 11 is 1.82. The highest BCUT2D eigenvalue weighted by Gasteiger charge is 2.03. The van der Waals surface area contributed by atoms with Gasteiger partial charge in [-0.2, -0.15) is 11.8 Å². The zero-order valence-electron chi connectivity index (χ0n) is 9.31. The van der Waals surface area contributed by atoms with Gasteiger partial charge in [0.25, 0.3) is 5.69 Å². The van der Waals surface area contributed by atoms with Crippen LogP contribution in [0.1, 0.15) is 5.56 Å². The van der Waals surface area contributed by atoms with Crippen molar-refractivity contribution >= 4 is 17.4 Å². The lowest BCUT2D eigenvalue weighted by atomic mass is 10.1. The van der Waals surface area contributed by atoms with Crippen molar-refractivity contribution in [2.75, 3.05) is 25.1 Å². The molecule has 0 saturated heterocycles. The molecule has 0 radical (unpaired) electrons. The lowest BCUT2D eigenvalue weighted by Gasteiger charge is -2.03. The molecule has 0 bridgehead atoms. The van der Waals surface area contributed by atoms with Crippen molar-refractivity contribution in [3.63, 3.8) is 0 Å². The number of benzene rings is 1. The van der Waals surface area contributed by atoms with Gasteiger partial charge < -0.3 is 5.32 Å². The maximum Gasteiger partial charge on any atom is 0.269 e. The van der Waals surface area contributed by atoms with Gasteiger partial charge in [0.2, 0.25) is 0 Å². The van der Waals surface area contributed by atoms with Crippen LogP contribution in [0.2, 0.25) is 0 Å². The van der Waals surface area contributed by atoms with E-state index < -0.39 is 0 Å². The maximum atomic E-state index is 10.4. The molecule has 16 heavy (non-hydrogen) atoms. The quantitative estimate of drug-likeness (QED) is 0.450. The Labute approximate surface area is 99.6 Å². The van der Waals surface area contributed by atoms with Crippen molar-refractivity contribution in [1.29, 1.82) is 0 Å². The number of thioether (sulfide) groups is 1. The normalized spacial score (nSPS) is 10.3. The molecule has 0 amide bonds. The first-order valence-electron chi connectivity index (χ1n) is 5.17. The molecule has 0 heterocycles. The second kappa shape index (κ2) is 7.24. The highest BCUT2D eigenvalue weighted by molar-refractivity contribution is 7.98. The predicted molar refractivity (Wildman–Crippen MR) is 68.1 cm³/mol. The van der Waals surface area contributed by atoms with Gasteiger partial charge in [-0.3, -0.25) is 10.1 Å². The molecule has 0 spiro atoms. The number of nitrogens with zero attached hydrogens (tertiary/aromatic N) is 1. The van der Waals surface area contributed by atoms with E-state index in [0.717, 1.165) is 30.8 Å². The minimum atomic E-state index is -0.375. The Balaban J connectivity index is 2.29. The number of nitro benzene ring substituents is 1. The van der Waals surface area contributed by atoms with E-state index in [4.69, 9.17) is 0 Å². The molecule has 0 aliphatic heterocycles. The molecular formula is C11H16N2O2S. The Bertz CT molecular complexity index is 327. The van der Waals surface area contributed by atoms with Crippen LogP contribution in [0, 0.1) is 10.1 Å². The van der Waals surface area contributed by atoms with Crippen LogP contribution in [0.5, 0.6) is 0 Å². The molecule has 5 heteroatoms. The zero-order chi connectivity index (χ0) is 11.8. The third-order valence-electron chi connectivity index (χ3n) is 2.22. The van der Waals surface area contributed by atoms with Crippen LogP contribution in [0.25, 0.3) is 0 Å². The van der Waals surface area contributed by atoms with Crippen molar-refractivity contribution in [3.05, 3.63) is 39.9 Å². The van der Waals surface area contributed by atoms with Gasteiger partial charge in [-0.15, -0.1) is 0 Å². The largest absolute Gasteiger partial charge is 0.316 e. The Hall–Kier alpha value is -1.07. The molecule has 0 unspecified atom stereocenters. The summed E-state index contributed by atoms with van der Waals surface area (Å²) < 4.78 is 0.